The molecule has 0 aliphatic carbocycles. The molecule has 214 valence electrons. The van der Waals surface area contributed by atoms with E-state index in [0.29, 0.717) is 35.8 Å². The van der Waals surface area contributed by atoms with Crippen LogP contribution in [0.3, 0.4) is 0 Å². The van der Waals surface area contributed by atoms with Gasteiger partial charge in [-0.05, 0) is 84.1 Å². The van der Waals surface area contributed by atoms with Gasteiger partial charge in [0.2, 0.25) is 0 Å². The number of aliphatic hydroxyl groups is 1. The minimum absolute atomic E-state index is 0.0438. The molecule has 1 fully saturated rings. The number of hydrogen-bond acceptors (Lipinski definition) is 6. The first kappa shape index (κ1) is 28.6. The number of likely N-dealkylation sites (tertiary alicyclic amines) is 1. The molecule has 7 nitrogen and oxygen atoms in total. The zero-order valence-corrected chi connectivity index (χ0v) is 23.8. The van der Waals surface area contributed by atoms with Crippen LogP contribution in [0.5, 0.6) is 11.5 Å². The van der Waals surface area contributed by atoms with E-state index < -0.39 is 17.7 Å². The molecule has 2 heterocycles. The Morgan fingerprint density at radius 1 is 0.881 bits per heavy atom. The molecule has 1 atom stereocenters. The topological polar surface area (TPSA) is 89.0 Å². The highest BCUT2D eigenvalue weighted by molar-refractivity contribution is 6.46. The van der Waals surface area contributed by atoms with Crippen LogP contribution in [0.25, 0.3) is 5.76 Å². The zero-order chi connectivity index (χ0) is 29.5. The number of aliphatic hydroxyl groups excluding tert-OH is 1. The largest absolute Gasteiger partial charge is 0.507 e. The lowest BCUT2D eigenvalue weighted by Crippen LogP contribution is -2.29. The number of pyridine rings is 1. The van der Waals surface area contributed by atoms with Gasteiger partial charge in [0, 0.05) is 24.5 Å². The molecule has 0 saturated carbocycles. The van der Waals surface area contributed by atoms with Crippen molar-refractivity contribution in [2.24, 2.45) is 0 Å². The van der Waals surface area contributed by atoms with Crippen molar-refractivity contribution in [2.75, 3.05) is 6.61 Å². The van der Waals surface area contributed by atoms with Crippen LogP contribution < -0.4 is 9.47 Å². The third-order valence-electron chi connectivity index (χ3n) is 7.39. The predicted octanol–water partition coefficient (Wildman–Crippen LogP) is 6.77. The molecule has 5 rings (SSSR count). The molecular weight excluding hydrogens is 528 g/mol. The lowest BCUT2D eigenvalue weighted by molar-refractivity contribution is -0.140. The first-order chi connectivity index (χ1) is 20.5. The Balaban J connectivity index is 1.45. The normalized spacial score (nSPS) is 16.0. The average molecular weight is 563 g/mol. The SMILES string of the molecule is CCCCOc1ccc(C2C(=C(O)c3ccc(OCc4ccccc4C)cc3)C(=O)C(=O)N2Cc2ccncc2)cc1. The average Bonchev–Trinajstić information content (AvgIpc) is 3.26. The van der Waals surface area contributed by atoms with Crippen LogP contribution in [0.2, 0.25) is 0 Å². The highest BCUT2D eigenvalue weighted by Crippen LogP contribution is 2.41. The zero-order valence-electron chi connectivity index (χ0n) is 23.8. The van der Waals surface area contributed by atoms with Crippen molar-refractivity contribution in [3.63, 3.8) is 0 Å². The molecule has 1 aliphatic heterocycles. The molecule has 7 heteroatoms. The van der Waals surface area contributed by atoms with Gasteiger partial charge in [-0.3, -0.25) is 14.6 Å². The Morgan fingerprint density at radius 3 is 2.24 bits per heavy atom. The van der Waals surface area contributed by atoms with E-state index in [1.807, 2.05) is 55.5 Å². The molecule has 1 N–H and O–H groups in total. The second-order valence-electron chi connectivity index (χ2n) is 10.3. The molecule has 1 aliphatic rings. The number of ether oxygens (including phenoxy) is 2. The van der Waals surface area contributed by atoms with Gasteiger partial charge in [-0.1, -0.05) is 49.7 Å². The lowest BCUT2D eigenvalue weighted by Gasteiger charge is -2.25. The summed E-state index contributed by atoms with van der Waals surface area (Å²) < 4.78 is 11.8. The van der Waals surface area contributed by atoms with Gasteiger partial charge in [0.15, 0.2) is 0 Å². The minimum atomic E-state index is -0.778. The van der Waals surface area contributed by atoms with Crippen LogP contribution in [-0.4, -0.2) is 33.3 Å². The Labute approximate surface area is 246 Å². The number of benzene rings is 3. The van der Waals surface area contributed by atoms with Gasteiger partial charge in [-0.25, -0.2) is 0 Å². The van der Waals surface area contributed by atoms with Crippen molar-refractivity contribution in [1.82, 2.24) is 9.88 Å². The summed E-state index contributed by atoms with van der Waals surface area (Å²) in [6.45, 7) is 5.35. The van der Waals surface area contributed by atoms with Crippen LogP contribution in [-0.2, 0) is 22.7 Å². The van der Waals surface area contributed by atoms with E-state index in [2.05, 4.69) is 11.9 Å². The number of unbranched alkanes of at least 4 members (excludes halogenated alkanes) is 1. The van der Waals surface area contributed by atoms with Crippen molar-refractivity contribution < 1.29 is 24.2 Å². The molecule has 3 aromatic carbocycles. The van der Waals surface area contributed by atoms with E-state index in [-0.39, 0.29) is 17.9 Å². The van der Waals surface area contributed by atoms with Crippen LogP contribution in [0.1, 0.15) is 53.6 Å². The number of hydrogen-bond donors (Lipinski definition) is 1. The van der Waals surface area contributed by atoms with E-state index in [1.165, 1.54) is 4.90 Å². The maximum absolute atomic E-state index is 13.4. The summed E-state index contributed by atoms with van der Waals surface area (Å²) in [5, 5.41) is 11.5. The minimum Gasteiger partial charge on any atom is -0.507 e. The fourth-order valence-electron chi connectivity index (χ4n) is 4.95. The van der Waals surface area contributed by atoms with Gasteiger partial charge in [0.05, 0.1) is 18.2 Å². The molecule has 1 aromatic heterocycles. The highest BCUT2D eigenvalue weighted by atomic mass is 16.5. The van der Waals surface area contributed by atoms with Gasteiger partial charge < -0.3 is 19.5 Å². The number of rotatable bonds is 11. The molecule has 0 radical (unpaired) electrons. The van der Waals surface area contributed by atoms with Crippen LogP contribution in [0, 0.1) is 6.92 Å². The van der Waals surface area contributed by atoms with Crippen molar-refractivity contribution in [2.45, 2.75) is 45.9 Å². The van der Waals surface area contributed by atoms with Crippen molar-refractivity contribution in [3.8, 4) is 11.5 Å². The number of nitrogens with zero attached hydrogens (tertiary/aromatic N) is 2. The molecule has 4 aromatic rings. The number of Topliss-reactive ketones (excluding diaryl/α,β-unsaturated/α-hetero) is 1. The van der Waals surface area contributed by atoms with Gasteiger partial charge in [-0.15, -0.1) is 0 Å². The number of ketones is 1. The maximum atomic E-state index is 13.4. The summed E-state index contributed by atoms with van der Waals surface area (Å²) in [5.74, 6) is -0.290. The molecule has 0 spiro atoms. The summed E-state index contributed by atoms with van der Waals surface area (Å²) in [6.07, 6.45) is 5.27. The third-order valence-corrected chi connectivity index (χ3v) is 7.39. The maximum Gasteiger partial charge on any atom is 0.295 e. The smallest absolute Gasteiger partial charge is 0.295 e. The molecule has 0 bridgehead atoms. The quantitative estimate of drug-likeness (QED) is 0.0939. The van der Waals surface area contributed by atoms with E-state index >= 15 is 0 Å². The van der Waals surface area contributed by atoms with Crippen molar-refractivity contribution in [1.29, 1.82) is 0 Å². The molecule has 1 amide bonds. The van der Waals surface area contributed by atoms with Crippen molar-refractivity contribution >= 4 is 17.4 Å². The van der Waals surface area contributed by atoms with E-state index in [0.717, 1.165) is 29.5 Å². The second kappa shape index (κ2) is 13.2. The monoisotopic (exact) mass is 562 g/mol. The molecular formula is C35H34N2O5. The second-order valence-corrected chi connectivity index (χ2v) is 10.3. The first-order valence-electron chi connectivity index (χ1n) is 14.1. The van der Waals surface area contributed by atoms with Crippen LogP contribution in [0.4, 0.5) is 0 Å². The third kappa shape index (κ3) is 6.36. The number of carbonyl (C=O) groups is 2. The number of carbonyl (C=O) groups excluding carboxylic acids is 2. The summed E-state index contributed by atoms with van der Waals surface area (Å²) in [4.78, 5) is 32.3. The van der Waals surface area contributed by atoms with Gasteiger partial charge in [0.25, 0.3) is 11.7 Å². The van der Waals surface area contributed by atoms with Crippen LogP contribution in [0.15, 0.2) is 103 Å². The number of aromatic nitrogens is 1. The van der Waals surface area contributed by atoms with E-state index in [4.69, 9.17) is 9.47 Å². The van der Waals surface area contributed by atoms with E-state index in [9.17, 15) is 14.7 Å². The fraction of sp³-hybridized carbons (Fsp3) is 0.229. The van der Waals surface area contributed by atoms with Crippen LogP contribution >= 0.6 is 0 Å². The lowest BCUT2D eigenvalue weighted by atomic mass is 9.95. The summed E-state index contributed by atoms with van der Waals surface area (Å²) >= 11 is 0. The standard InChI is InChI=1S/C35H34N2O5/c1-3-4-21-41-29-13-9-26(10-14-29)32-31(34(39)35(40)37(32)22-25-17-19-36-20-18-25)33(38)27-11-15-30(16-12-27)42-23-28-8-6-5-7-24(28)2/h5-20,32,38H,3-4,21-23H2,1-2H3. The Hall–Kier alpha value is -4.91. The van der Waals surface area contributed by atoms with Gasteiger partial charge >= 0.3 is 0 Å². The molecule has 1 saturated heterocycles. The summed E-state index contributed by atoms with van der Waals surface area (Å²) in [7, 11) is 0. The van der Waals surface area contributed by atoms with E-state index in [1.54, 1.807) is 48.8 Å². The Kier molecular flexibility index (Phi) is 8.97. The summed E-state index contributed by atoms with van der Waals surface area (Å²) in [5.41, 5.74) is 4.22. The first-order valence-corrected chi connectivity index (χ1v) is 14.1. The molecule has 42 heavy (non-hydrogen) atoms. The van der Waals surface area contributed by atoms with Gasteiger partial charge in [0.1, 0.15) is 23.9 Å². The fourth-order valence-corrected chi connectivity index (χ4v) is 4.95. The Morgan fingerprint density at radius 2 is 1.55 bits per heavy atom. The molecule has 1 unspecified atom stereocenters. The Bertz CT molecular complexity index is 1560. The van der Waals surface area contributed by atoms with Crippen molar-refractivity contribution in [3.05, 3.63) is 131 Å². The van der Waals surface area contributed by atoms with Gasteiger partial charge in [-0.2, -0.15) is 0 Å². The highest BCUT2D eigenvalue weighted by Gasteiger charge is 2.46. The number of aryl methyl sites for hydroxylation is 1. The predicted molar refractivity (Wildman–Crippen MR) is 161 cm³/mol. The number of amides is 1. The summed E-state index contributed by atoms with van der Waals surface area (Å²) in [6, 6.07) is 25.1.